The number of nitrogens with zero attached hydrogens (tertiary/aromatic N) is 1. The summed E-state index contributed by atoms with van der Waals surface area (Å²) in [5.41, 5.74) is 0. The van der Waals surface area contributed by atoms with Crippen LogP contribution in [0.3, 0.4) is 0 Å². The van der Waals surface area contributed by atoms with Crippen LogP contribution in [0.5, 0.6) is 0 Å². The predicted octanol–water partition coefficient (Wildman–Crippen LogP) is 1.34. The lowest BCUT2D eigenvalue weighted by molar-refractivity contribution is -0.176. The Hall–Kier alpha value is -1.06. The average molecular weight is 213 g/mol. The van der Waals surface area contributed by atoms with Gasteiger partial charge in [-0.25, -0.2) is 4.79 Å². The highest BCUT2D eigenvalue weighted by atomic mass is 16.6. The topological polar surface area (TPSA) is 46.6 Å². The van der Waals surface area contributed by atoms with Crippen LogP contribution in [0.2, 0.25) is 0 Å². The highest BCUT2D eigenvalue weighted by molar-refractivity contribution is 5.92. The quantitative estimate of drug-likeness (QED) is 0.523. The Kier molecular flexibility index (Phi) is 4.12. The number of carbonyl (C=O) groups is 2. The molecule has 0 spiro atoms. The third-order valence-corrected chi connectivity index (χ3v) is 2.87. The van der Waals surface area contributed by atoms with Crippen LogP contribution in [0.4, 0.5) is 0 Å². The predicted molar refractivity (Wildman–Crippen MR) is 56.3 cm³/mol. The number of carbonyl (C=O) groups excluding carboxylic acids is 2. The van der Waals surface area contributed by atoms with Crippen molar-refractivity contribution in [3.8, 4) is 0 Å². The Labute approximate surface area is 90.6 Å². The summed E-state index contributed by atoms with van der Waals surface area (Å²) in [6.07, 6.45) is 3.20. The van der Waals surface area contributed by atoms with Crippen molar-refractivity contribution in [2.24, 2.45) is 0 Å². The van der Waals surface area contributed by atoms with Crippen LogP contribution in [0.25, 0.3) is 0 Å². The summed E-state index contributed by atoms with van der Waals surface area (Å²) in [7, 11) is 1.65. The number of amides is 1. The number of likely N-dealkylation sites (N-methyl/N-ethyl adjacent to an activating group) is 1. The minimum Gasteiger partial charge on any atom is -0.451 e. The van der Waals surface area contributed by atoms with Crippen LogP contribution in [0, 0.1) is 0 Å². The van der Waals surface area contributed by atoms with Crippen molar-refractivity contribution in [1.82, 2.24) is 4.90 Å². The minimum absolute atomic E-state index is 0.0711. The molecule has 0 radical (unpaired) electrons. The zero-order valence-electron chi connectivity index (χ0n) is 9.66. The molecule has 15 heavy (non-hydrogen) atoms. The van der Waals surface area contributed by atoms with Gasteiger partial charge >= 0.3 is 5.97 Å². The Morgan fingerprint density at radius 2 is 2.00 bits per heavy atom. The number of unbranched alkanes of at least 4 members (excludes halogenated alkanes) is 2. The van der Waals surface area contributed by atoms with Gasteiger partial charge in [-0.2, -0.15) is 0 Å². The van der Waals surface area contributed by atoms with Gasteiger partial charge in [0.2, 0.25) is 0 Å². The van der Waals surface area contributed by atoms with Crippen molar-refractivity contribution in [2.75, 3.05) is 7.05 Å². The van der Waals surface area contributed by atoms with E-state index in [1.54, 1.807) is 14.0 Å². The molecule has 4 heteroatoms. The molecule has 2 atom stereocenters. The molecule has 1 amide bonds. The summed E-state index contributed by atoms with van der Waals surface area (Å²) in [6.45, 7) is 3.78. The summed E-state index contributed by atoms with van der Waals surface area (Å²) in [5.74, 6) is -0.364. The van der Waals surface area contributed by atoms with Gasteiger partial charge in [0.15, 0.2) is 6.10 Å². The monoisotopic (exact) mass is 213 g/mol. The fourth-order valence-electron chi connectivity index (χ4n) is 1.63. The maximum Gasteiger partial charge on any atom is 0.329 e. The van der Waals surface area contributed by atoms with E-state index in [9.17, 15) is 9.59 Å². The molecule has 0 saturated carbocycles. The largest absolute Gasteiger partial charge is 0.451 e. The number of morpholine rings is 1. The van der Waals surface area contributed by atoms with E-state index in [1.165, 1.54) is 4.90 Å². The van der Waals surface area contributed by atoms with Crippen LogP contribution in [-0.2, 0) is 14.3 Å². The molecule has 1 fully saturated rings. The highest BCUT2D eigenvalue weighted by Gasteiger charge is 2.37. The third-order valence-electron chi connectivity index (χ3n) is 2.87. The molecule has 0 aromatic carbocycles. The van der Waals surface area contributed by atoms with Gasteiger partial charge in [-0.05, 0) is 19.8 Å². The molecule has 0 aromatic rings. The number of esters is 1. The van der Waals surface area contributed by atoms with Gasteiger partial charge in [0.05, 0.1) is 0 Å². The molecule has 4 nitrogen and oxygen atoms in total. The summed E-state index contributed by atoms with van der Waals surface area (Å²) < 4.78 is 5.10. The minimum atomic E-state index is -0.551. The van der Waals surface area contributed by atoms with Crippen molar-refractivity contribution in [2.45, 2.75) is 51.7 Å². The molecule has 1 heterocycles. The van der Waals surface area contributed by atoms with Crippen molar-refractivity contribution in [3.05, 3.63) is 0 Å². The smallest absolute Gasteiger partial charge is 0.329 e. The first kappa shape index (κ1) is 12.0. The second-order valence-corrected chi connectivity index (χ2v) is 4.05. The van der Waals surface area contributed by atoms with E-state index in [1.807, 2.05) is 0 Å². The maximum absolute atomic E-state index is 11.7. The first-order valence-electron chi connectivity index (χ1n) is 5.55. The van der Waals surface area contributed by atoms with Crippen molar-refractivity contribution >= 4 is 11.9 Å². The molecule has 0 aromatic heterocycles. The molecule has 1 aliphatic heterocycles. The lowest BCUT2D eigenvalue weighted by Crippen LogP contribution is -2.53. The maximum atomic E-state index is 11.7. The van der Waals surface area contributed by atoms with Gasteiger partial charge < -0.3 is 9.64 Å². The Balaban J connectivity index is 2.51. The second kappa shape index (κ2) is 5.14. The molecule has 0 N–H and O–H groups in total. The molecule has 0 bridgehead atoms. The molecule has 86 valence electrons. The average Bonchev–Trinajstić information content (AvgIpc) is 2.23. The van der Waals surface area contributed by atoms with E-state index in [0.29, 0.717) is 6.42 Å². The van der Waals surface area contributed by atoms with Crippen LogP contribution < -0.4 is 0 Å². The lowest BCUT2D eigenvalue weighted by atomic mass is 10.1. The Morgan fingerprint density at radius 3 is 2.60 bits per heavy atom. The van der Waals surface area contributed by atoms with Gasteiger partial charge in [-0.3, -0.25) is 4.79 Å². The number of hydrogen-bond acceptors (Lipinski definition) is 3. The van der Waals surface area contributed by atoms with Gasteiger partial charge in [0.1, 0.15) is 6.04 Å². The van der Waals surface area contributed by atoms with Crippen LogP contribution >= 0.6 is 0 Å². The highest BCUT2D eigenvalue weighted by Crippen LogP contribution is 2.17. The van der Waals surface area contributed by atoms with E-state index in [4.69, 9.17) is 4.74 Å². The van der Waals surface area contributed by atoms with Gasteiger partial charge in [-0.15, -0.1) is 0 Å². The van der Waals surface area contributed by atoms with Crippen LogP contribution in [-0.4, -0.2) is 36.0 Å². The van der Waals surface area contributed by atoms with Crippen LogP contribution in [0.1, 0.15) is 39.5 Å². The fourth-order valence-corrected chi connectivity index (χ4v) is 1.63. The van der Waals surface area contributed by atoms with E-state index in [0.717, 1.165) is 19.3 Å². The Morgan fingerprint density at radius 1 is 1.33 bits per heavy atom. The SMILES string of the molecule is CCCCC[C@H]1OC(=O)[C@H](C)N(C)C1=O. The lowest BCUT2D eigenvalue weighted by Gasteiger charge is -2.33. The second-order valence-electron chi connectivity index (χ2n) is 4.05. The van der Waals surface area contributed by atoms with Crippen molar-refractivity contribution in [3.63, 3.8) is 0 Å². The number of rotatable bonds is 4. The van der Waals surface area contributed by atoms with Gasteiger partial charge in [0.25, 0.3) is 5.91 Å². The first-order valence-corrected chi connectivity index (χ1v) is 5.55. The van der Waals surface area contributed by atoms with E-state index in [2.05, 4.69) is 6.92 Å². The van der Waals surface area contributed by atoms with Crippen molar-refractivity contribution in [1.29, 1.82) is 0 Å². The fraction of sp³-hybridized carbons (Fsp3) is 0.818. The van der Waals surface area contributed by atoms with Crippen molar-refractivity contribution < 1.29 is 14.3 Å². The van der Waals surface area contributed by atoms with E-state index in [-0.39, 0.29) is 11.9 Å². The summed E-state index contributed by atoms with van der Waals surface area (Å²) >= 11 is 0. The number of cyclic esters (lactones) is 1. The van der Waals surface area contributed by atoms with Gasteiger partial charge in [0, 0.05) is 7.05 Å². The number of ether oxygens (including phenoxy) is 1. The van der Waals surface area contributed by atoms with E-state index < -0.39 is 12.1 Å². The summed E-state index contributed by atoms with van der Waals surface area (Å²) in [5, 5.41) is 0. The zero-order chi connectivity index (χ0) is 11.4. The van der Waals surface area contributed by atoms with Gasteiger partial charge in [-0.1, -0.05) is 19.8 Å². The summed E-state index contributed by atoms with van der Waals surface area (Å²) in [6, 6.07) is -0.445. The first-order chi connectivity index (χ1) is 7.07. The number of hydrogen-bond donors (Lipinski definition) is 0. The third kappa shape index (κ3) is 2.70. The molecule has 0 unspecified atom stereocenters. The van der Waals surface area contributed by atoms with Crippen LogP contribution in [0.15, 0.2) is 0 Å². The summed E-state index contributed by atoms with van der Waals surface area (Å²) in [4.78, 5) is 24.6. The molecular formula is C11H19NO3. The molecule has 1 saturated heterocycles. The molecule has 0 aliphatic carbocycles. The standard InChI is InChI=1S/C11H19NO3/c1-4-5-6-7-9-10(13)12(3)8(2)11(14)15-9/h8-9H,4-7H2,1-3H3/t8-,9+/m0/s1. The molecule has 1 aliphatic rings. The Bertz CT molecular complexity index is 252. The van der Waals surface area contributed by atoms with E-state index >= 15 is 0 Å². The molecular weight excluding hydrogens is 194 g/mol. The normalized spacial score (nSPS) is 26.7. The molecule has 1 rings (SSSR count). The zero-order valence-corrected chi connectivity index (χ0v) is 9.66.